The number of carbonyl (C=O) groups is 1. The number of para-hydroxylation sites is 2. The first-order valence-electron chi connectivity index (χ1n) is 3.61. The normalized spacial score (nSPS) is 8.17. The average molecular weight is 166 g/mol. The molecule has 3 nitrogen and oxygen atoms in total. The zero-order valence-corrected chi connectivity index (χ0v) is 7.37. The monoisotopic (exact) mass is 166 g/mol. The summed E-state index contributed by atoms with van der Waals surface area (Å²) in [6.45, 7) is 3.06. The van der Waals surface area contributed by atoms with Crippen molar-refractivity contribution in [3.8, 4) is 0 Å². The fourth-order valence-corrected chi connectivity index (χ4v) is 0.511. The summed E-state index contributed by atoms with van der Waals surface area (Å²) in [6.07, 6.45) is 0. The summed E-state index contributed by atoms with van der Waals surface area (Å²) in [5, 5.41) is 0. The molecule has 0 spiro atoms. The molecular weight excluding hydrogens is 152 g/mol. The molecule has 0 aromatic heterocycles. The van der Waals surface area contributed by atoms with Gasteiger partial charge in [0.25, 0.3) is 0 Å². The number of ketones is 1. The van der Waals surface area contributed by atoms with Gasteiger partial charge in [-0.05, 0) is 26.0 Å². The van der Waals surface area contributed by atoms with Crippen molar-refractivity contribution < 1.29 is 4.79 Å². The fraction of sp³-hybridized carbons (Fsp3) is 0.222. The highest BCUT2D eigenvalue weighted by Crippen LogP contribution is 2.10. The van der Waals surface area contributed by atoms with Crippen molar-refractivity contribution in [2.75, 3.05) is 11.5 Å². The molecule has 0 heterocycles. The molecule has 1 aromatic carbocycles. The number of nitrogen functional groups attached to an aromatic ring is 2. The molecule has 0 aliphatic heterocycles. The lowest BCUT2D eigenvalue weighted by atomic mass is 10.3. The standard InChI is InChI=1S/C6H8N2.C3H6O/c7-5-3-1-2-4-6(5)8;1-3(2)4/h1-4H,7-8H2;1-2H3. The van der Waals surface area contributed by atoms with Crippen LogP contribution in [-0.4, -0.2) is 5.78 Å². The molecule has 0 amide bonds. The van der Waals surface area contributed by atoms with E-state index in [9.17, 15) is 4.79 Å². The Hall–Kier alpha value is -1.51. The van der Waals surface area contributed by atoms with Gasteiger partial charge < -0.3 is 16.3 Å². The van der Waals surface area contributed by atoms with Gasteiger partial charge in [0.15, 0.2) is 0 Å². The first-order chi connectivity index (χ1) is 5.54. The number of anilines is 2. The van der Waals surface area contributed by atoms with Gasteiger partial charge in [0.1, 0.15) is 5.78 Å². The number of benzene rings is 1. The second-order valence-electron chi connectivity index (χ2n) is 2.54. The molecule has 0 bridgehead atoms. The maximum Gasteiger partial charge on any atom is 0.126 e. The Bertz CT molecular complexity index is 233. The van der Waals surface area contributed by atoms with E-state index >= 15 is 0 Å². The van der Waals surface area contributed by atoms with Crippen molar-refractivity contribution in [3.05, 3.63) is 24.3 Å². The number of hydrogen-bond donors (Lipinski definition) is 2. The molecule has 0 aliphatic rings. The lowest BCUT2D eigenvalue weighted by Gasteiger charge is -1.94. The van der Waals surface area contributed by atoms with E-state index in [1.165, 1.54) is 13.8 Å². The van der Waals surface area contributed by atoms with Crippen LogP contribution < -0.4 is 11.5 Å². The van der Waals surface area contributed by atoms with Gasteiger partial charge in [0.2, 0.25) is 0 Å². The van der Waals surface area contributed by atoms with E-state index in [1.807, 2.05) is 12.1 Å². The van der Waals surface area contributed by atoms with Crippen LogP contribution >= 0.6 is 0 Å². The number of Topliss-reactive ketones (excluding diaryl/α,β-unsaturated/α-hetero) is 1. The summed E-state index contributed by atoms with van der Waals surface area (Å²) < 4.78 is 0. The molecule has 12 heavy (non-hydrogen) atoms. The van der Waals surface area contributed by atoms with E-state index in [2.05, 4.69) is 0 Å². The minimum Gasteiger partial charge on any atom is -0.397 e. The molecule has 66 valence electrons. The van der Waals surface area contributed by atoms with Gasteiger partial charge >= 0.3 is 0 Å². The highest BCUT2D eigenvalue weighted by Gasteiger charge is 1.85. The summed E-state index contributed by atoms with van der Waals surface area (Å²) >= 11 is 0. The van der Waals surface area contributed by atoms with Gasteiger partial charge in [-0.1, -0.05) is 12.1 Å². The molecule has 0 saturated carbocycles. The molecule has 1 rings (SSSR count). The van der Waals surface area contributed by atoms with E-state index in [0.717, 1.165) is 0 Å². The van der Waals surface area contributed by atoms with Crippen LogP contribution in [0.25, 0.3) is 0 Å². The Labute approximate surface area is 72.4 Å². The molecule has 0 saturated heterocycles. The number of hydrogen-bond acceptors (Lipinski definition) is 3. The molecule has 0 fully saturated rings. The van der Waals surface area contributed by atoms with Gasteiger partial charge in [0, 0.05) is 0 Å². The van der Waals surface area contributed by atoms with Gasteiger partial charge in [-0.15, -0.1) is 0 Å². The largest absolute Gasteiger partial charge is 0.397 e. The summed E-state index contributed by atoms with van der Waals surface area (Å²) in [4.78, 5) is 9.44. The van der Waals surface area contributed by atoms with Crippen LogP contribution in [0.5, 0.6) is 0 Å². The quantitative estimate of drug-likeness (QED) is 0.573. The zero-order chi connectivity index (χ0) is 9.56. The lowest BCUT2D eigenvalue weighted by molar-refractivity contribution is -0.114. The van der Waals surface area contributed by atoms with E-state index in [-0.39, 0.29) is 5.78 Å². The number of rotatable bonds is 0. The number of nitrogens with two attached hydrogens (primary N) is 2. The molecule has 3 heteroatoms. The first kappa shape index (κ1) is 10.5. The fourth-order valence-electron chi connectivity index (χ4n) is 0.511. The first-order valence-corrected chi connectivity index (χ1v) is 3.61. The SMILES string of the molecule is CC(C)=O.Nc1ccccc1N. The van der Waals surface area contributed by atoms with E-state index in [1.54, 1.807) is 12.1 Å². The minimum atomic E-state index is 0.167. The second kappa shape index (κ2) is 5.18. The molecule has 1 aromatic rings. The van der Waals surface area contributed by atoms with Crippen molar-refractivity contribution in [1.82, 2.24) is 0 Å². The van der Waals surface area contributed by atoms with Crippen LogP contribution in [0.1, 0.15) is 13.8 Å². The zero-order valence-electron chi connectivity index (χ0n) is 7.37. The van der Waals surface area contributed by atoms with Crippen LogP contribution in [0.15, 0.2) is 24.3 Å². The van der Waals surface area contributed by atoms with Crippen molar-refractivity contribution >= 4 is 17.2 Å². The van der Waals surface area contributed by atoms with Crippen molar-refractivity contribution in [3.63, 3.8) is 0 Å². The van der Waals surface area contributed by atoms with Crippen LogP contribution in [0, 0.1) is 0 Å². The predicted molar refractivity (Wildman–Crippen MR) is 51.6 cm³/mol. The summed E-state index contributed by atoms with van der Waals surface area (Å²) in [5.74, 6) is 0.167. The van der Waals surface area contributed by atoms with Crippen LogP contribution in [0.4, 0.5) is 11.4 Å². The average Bonchev–Trinajstić information content (AvgIpc) is 1.94. The van der Waals surface area contributed by atoms with Crippen molar-refractivity contribution in [2.45, 2.75) is 13.8 Å². The van der Waals surface area contributed by atoms with E-state index < -0.39 is 0 Å². The summed E-state index contributed by atoms with van der Waals surface area (Å²) in [5.41, 5.74) is 12.1. The molecule has 0 unspecified atom stereocenters. The molecule has 0 radical (unpaired) electrons. The lowest BCUT2D eigenvalue weighted by Crippen LogP contribution is -1.91. The molecular formula is C9H14N2O. The molecule has 4 N–H and O–H groups in total. The smallest absolute Gasteiger partial charge is 0.126 e. The number of carbonyl (C=O) groups excluding carboxylic acids is 1. The summed E-state index contributed by atoms with van der Waals surface area (Å²) in [7, 11) is 0. The Morgan fingerprint density at radius 1 is 1.08 bits per heavy atom. The van der Waals surface area contributed by atoms with Crippen LogP contribution in [0.2, 0.25) is 0 Å². The van der Waals surface area contributed by atoms with E-state index in [4.69, 9.17) is 11.5 Å². The Morgan fingerprint density at radius 2 is 1.33 bits per heavy atom. The third-order valence-electron chi connectivity index (χ3n) is 0.996. The van der Waals surface area contributed by atoms with Crippen LogP contribution in [-0.2, 0) is 4.79 Å². The van der Waals surface area contributed by atoms with Crippen molar-refractivity contribution in [1.29, 1.82) is 0 Å². The van der Waals surface area contributed by atoms with Gasteiger partial charge in [-0.3, -0.25) is 0 Å². The molecule has 0 atom stereocenters. The highest BCUT2D eigenvalue weighted by atomic mass is 16.1. The Morgan fingerprint density at radius 3 is 1.50 bits per heavy atom. The maximum atomic E-state index is 9.44. The second-order valence-corrected chi connectivity index (χ2v) is 2.54. The Kier molecular flexibility index (Phi) is 4.53. The van der Waals surface area contributed by atoms with E-state index in [0.29, 0.717) is 11.4 Å². The van der Waals surface area contributed by atoms with Gasteiger partial charge in [-0.2, -0.15) is 0 Å². The predicted octanol–water partition coefficient (Wildman–Crippen LogP) is 1.45. The third kappa shape index (κ3) is 5.29. The highest BCUT2D eigenvalue weighted by molar-refractivity contribution is 5.72. The summed E-state index contributed by atoms with van der Waals surface area (Å²) in [6, 6.07) is 7.25. The Balaban J connectivity index is 0.000000261. The minimum absolute atomic E-state index is 0.167. The van der Waals surface area contributed by atoms with Crippen LogP contribution in [0.3, 0.4) is 0 Å². The molecule has 0 aliphatic carbocycles. The third-order valence-corrected chi connectivity index (χ3v) is 0.996. The van der Waals surface area contributed by atoms with Gasteiger partial charge in [-0.25, -0.2) is 0 Å². The maximum absolute atomic E-state index is 9.44. The van der Waals surface area contributed by atoms with Gasteiger partial charge in [0.05, 0.1) is 11.4 Å². The topological polar surface area (TPSA) is 69.1 Å². The van der Waals surface area contributed by atoms with Crippen molar-refractivity contribution in [2.24, 2.45) is 0 Å².